The number of benzene rings is 1. The molecule has 1 aliphatic heterocycles. The molecule has 10 heteroatoms. The van der Waals surface area contributed by atoms with Gasteiger partial charge < -0.3 is 33.4 Å². The number of carbonyl (C=O) groups excluding carboxylic acids is 1. The molecule has 0 aliphatic carbocycles. The minimum atomic E-state index is -0.436. The van der Waals surface area contributed by atoms with Crippen molar-refractivity contribution < 1.29 is 23.7 Å². The van der Waals surface area contributed by atoms with Gasteiger partial charge in [-0.3, -0.25) is 9.59 Å². The van der Waals surface area contributed by atoms with Crippen molar-refractivity contribution >= 4 is 17.0 Å². The maximum Gasteiger partial charge on any atom is 0.323 e. The molecule has 1 N–H and O–H groups in total. The maximum absolute atomic E-state index is 12.6. The van der Waals surface area contributed by atoms with Crippen LogP contribution < -0.4 is 15.6 Å². The molecule has 2 aromatic heterocycles. The largest absolute Gasteiger partial charge is 0.492 e. The van der Waals surface area contributed by atoms with Crippen LogP contribution in [-0.4, -0.2) is 72.3 Å². The summed E-state index contributed by atoms with van der Waals surface area (Å²) in [6, 6.07) is 7.40. The molecule has 224 valence electrons. The Morgan fingerprint density at radius 2 is 1.95 bits per heavy atom. The van der Waals surface area contributed by atoms with Crippen LogP contribution in [0.3, 0.4) is 0 Å². The van der Waals surface area contributed by atoms with Crippen LogP contribution in [0, 0.1) is 18.8 Å². The zero-order chi connectivity index (χ0) is 29.5. The number of aromatic nitrogens is 3. The minimum Gasteiger partial charge on any atom is -0.492 e. The Hall–Kier alpha value is -3.21. The standard InChI is InChI=1S/C31H44N4O6/c1-20(2)28(31(37)41-22(4)19-38-6)32-11-14-40-25-7-8-26-27(16-25)35(17-23-9-12-39-13-10-23)29(33-26)24-15-21(3)30(36)34(5)18-24/h7-8,15-16,18,20,22-23,28,32H,9-14,17,19H2,1-6H3/t22-,28?/m0/s1. The highest BCUT2D eigenvalue weighted by molar-refractivity contribution is 5.82. The van der Waals surface area contributed by atoms with Crippen LogP contribution in [0.2, 0.25) is 0 Å². The van der Waals surface area contributed by atoms with Crippen molar-refractivity contribution in [2.45, 2.75) is 59.2 Å². The Kier molecular flexibility index (Phi) is 10.6. The van der Waals surface area contributed by atoms with Crippen molar-refractivity contribution in [1.82, 2.24) is 19.4 Å². The number of hydrogen-bond acceptors (Lipinski definition) is 8. The van der Waals surface area contributed by atoms with Gasteiger partial charge in [0, 0.05) is 63.9 Å². The van der Waals surface area contributed by atoms with Crippen molar-refractivity contribution in [3.05, 3.63) is 46.4 Å². The fourth-order valence-corrected chi connectivity index (χ4v) is 5.30. The van der Waals surface area contributed by atoms with Crippen molar-refractivity contribution in [1.29, 1.82) is 0 Å². The zero-order valence-electron chi connectivity index (χ0n) is 25.1. The highest BCUT2D eigenvalue weighted by Crippen LogP contribution is 2.30. The van der Waals surface area contributed by atoms with E-state index < -0.39 is 6.04 Å². The van der Waals surface area contributed by atoms with E-state index in [9.17, 15) is 9.59 Å². The van der Waals surface area contributed by atoms with E-state index in [1.165, 1.54) is 0 Å². The van der Waals surface area contributed by atoms with Crippen molar-refractivity contribution in [2.24, 2.45) is 18.9 Å². The summed E-state index contributed by atoms with van der Waals surface area (Å²) >= 11 is 0. The number of methoxy groups -OCH3 is 1. The SMILES string of the molecule is COC[C@H](C)OC(=O)C(NCCOc1ccc2nc(-c3cc(C)c(=O)n(C)c3)n(CC3CCOCC3)c2c1)C(C)C. The second-order valence-electron chi connectivity index (χ2n) is 11.3. The normalized spacial score (nSPS) is 15.8. The second kappa shape index (κ2) is 14.1. The molecule has 1 saturated heterocycles. The van der Waals surface area contributed by atoms with Gasteiger partial charge in [0.25, 0.3) is 5.56 Å². The topological polar surface area (TPSA) is 106 Å². The number of nitrogens with one attached hydrogen (secondary N) is 1. The molecule has 1 fully saturated rings. The zero-order valence-corrected chi connectivity index (χ0v) is 25.1. The molecule has 3 aromatic rings. The van der Waals surface area contributed by atoms with Crippen LogP contribution in [0.15, 0.2) is 35.3 Å². The number of carbonyl (C=O) groups is 1. The first-order valence-electron chi connectivity index (χ1n) is 14.5. The molecule has 0 spiro atoms. The summed E-state index contributed by atoms with van der Waals surface area (Å²) < 4.78 is 26.2. The lowest BCUT2D eigenvalue weighted by Gasteiger charge is -2.24. The summed E-state index contributed by atoms with van der Waals surface area (Å²) in [6.07, 6.45) is 3.54. The van der Waals surface area contributed by atoms with E-state index in [0.29, 0.717) is 31.2 Å². The molecular formula is C31H44N4O6. The quantitative estimate of drug-likeness (QED) is 0.246. The summed E-state index contributed by atoms with van der Waals surface area (Å²) in [5, 5.41) is 3.28. The van der Waals surface area contributed by atoms with Crippen LogP contribution in [0.25, 0.3) is 22.4 Å². The third-order valence-electron chi connectivity index (χ3n) is 7.50. The van der Waals surface area contributed by atoms with Crippen LogP contribution in [0.5, 0.6) is 5.75 Å². The number of esters is 1. The molecule has 1 aromatic carbocycles. The van der Waals surface area contributed by atoms with Gasteiger partial charge in [-0.05, 0) is 56.7 Å². The average molecular weight is 569 g/mol. The third kappa shape index (κ3) is 7.75. The summed E-state index contributed by atoms with van der Waals surface area (Å²) in [4.78, 5) is 30.0. The molecule has 0 amide bonds. The van der Waals surface area contributed by atoms with E-state index >= 15 is 0 Å². The monoisotopic (exact) mass is 568 g/mol. The fourth-order valence-electron chi connectivity index (χ4n) is 5.30. The van der Waals surface area contributed by atoms with Crippen LogP contribution in [-0.2, 0) is 32.6 Å². The maximum atomic E-state index is 12.6. The van der Waals surface area contributed by atoms with Gasteiger partial charge in [0.2, 0.25) is 0 Å². The van der Waals surface area contributed by atoms with Crippen LogP contribution in [0.4, 0.5) is 0 Å². The summed E-state index contributed by atoms with van der Waals surface area (Å²) in [5.41, 5.74) is 3.44. The lowest BCUT2D eigenvalue weighted by molar-refractivity contribution is -0.154. The predicted molar refractivity (Wildman–Crippen MR) is 158 cm³/mol. The van der Waals surface area contributed by atoms with Gasteiger partial charge in [0.05, 0.1) is 17.6 Å². The first-order valence-corrected chi connectivity index (χ1v) is 14.5. The van der Waals surface area contributed by atoms with Gasteiger partial charge >= 0.3 is 5.97 Å². The van der Waals surface area contributed by atoms with Crippen LogP contribution in [0.1, 0.15) is 39.2 Å². The highest BCUT2D eigenvalue weighted by atomic mass is 16.6. The molecule has 0 bridgehead atoms. The van der Waals surface area contributed by atoms with E-state index in [-0.39, 0.29) is 23.6 Å². The van der Waals surface area contributed by atoms with E-state index in [2.05, 4.69) is 9.88 Å². The lowest BCUT2D eigenvalue weighted by atomic mass is 10.00. The van der Waals surface area contributed by atoms with Gasteiger partial charge in [0.15, 0.2) is 0 Å². The van der Waals surface area contributed by atoms with Gasteiger partial charge in [-0.2, -0.15) is 0 Å². The summed E-state index contributed by atoms with van der Waals surface area (Å²) in [7, 11) is 3.36. The number of aryl methyl sites for hydroxylation is 2. The first-order chi connectivity index (χ1) is 19.7. The number of fused-ring (bicyclic) bond motifs is 1. The van der Waals surface area contributed by atoms with Gasteiger partial charge in [-0.25, -0.2) is 4.98 Å². The molecular weight excluding hydrogens is 524 g/mol. The molecule has 0 saturated carbocycles. The van der Waals surface area contributed by atoms with Gasteiger partial charge in [-0.1, -0.05) is 13.8 Å². The predicted octanol–water partition coefficient (Wildman–Crippen LogP) is 3.71. The Balaban J connectivity index is 1.51. The summed E-state index contributed by atoms with van der Waals surface area (Å²) in [6.45, 7) is 11.2. The number of imidazole rings is 1. The molecule has 0 radical (unpaired) electrons. The van der Waals surface area contributed by atoms with Crippen molar-refractivity contribution in [3.63, 3.8) is 0 Å². The van der Waals surface area contributed by atoms with Gasteiger partial charge in [0.1, 0.15) is 30.3 Å². The molecule has 1 unspecified atom stereocenters. The van der Waals surface area contributed by atoms with E-state index in [0.717, 1.165) is 60.8 Å². The number of rotatable bonds is 13. The molecule has 2 atom stereocenters. The Labute approximate surface area is 241 Å². The Bertz CT molecular complexity index is 1350. The lowest BCUT2D eigenvalue weighted by Crippen LogP contribution is -2.45. The number of hydrogen-bond donors (Lipinski definition) is 1. The van der Waals surface area contributed by atoms with Crippen molar-refractivity contribution in [2.75, 3.05) is 40.1 Å². The van der Waals surface area contributed by atoms with E-state index in [4.69, 9.17) is 23.9 Å². The number of ether oxygens (including phenoxy) is 4. The fraction of sp³-hybridized carbons (Fsp3) is 0.581. The Morgan fingerprint density at radius 1 is 1.20 bits per heavy atom. The van der Waals surface area contributed by atoms with E-state index in [1.807, 2.05) is 58.2 Å². The molecule has 10 nitrogen and oxygen atoms in total. The Morgan fingerprint density at radius 3 is 2.63 bits per heavy atom. The summed E-state index contributed by atoms with van der Waals surface area (Å²) in [5.74, 6) is 1.82. The molecule has 41 heavy (non-hydrogen) atoms. The third-order valence-corrected chi connectivity index (χ3v) is 7.50. The number of nitrogens with zero attached hydrogens (tertiary/aromatic N) is 3. The highest BCUT2D eigenvalue weighted by Gasteiger charge is 2.25. The second-order valence-corrected chi connectivity index (χ2v) is 11.3. The van der Waals surface area contributed by atoms with Crippen molar-refractivity contribution in [3.8, 4) is 17.1 Å². The molecule has 3 heterocycles. The molecule has 4 rings (SSSR count). The average Bonchev–Trinajstić information content (AvgIpc) is 3.29. The number of pyridine rings is 1. The first kappa shape index (κ1) is 30.7. The molecule has 1 aliphatic rings. The van der Waals surface area contributed by atoms with Gasteiger partial charge in [-0.15, -0.1) is 0 Å². The minimum absolute atomic E-state index is 0.0115. The smallest absolute Gasteiger partial charge is 0.323 e. The van der Waals surface area contributed by atoms with Crippen LogP contribution >= 0.6 is 0 Å². The van der Waals surface area contributed by atoms with E-state index in [1.54, 1.807) is 18.7 Å².